The Morgan fingerprint density at radius 2 is 2.17 bits per heavy atom. The van der Waals surface area contributed by atoms with Crippen molar-refractivity contribution in [1.82, 2.24) is 20.8 Å². The molecule has 0 unspecified atom stereocenters. The van der Waals surface area contributed by atoms with E-state index in [4.69, 9.17) is 4.74 Å². The van der Waals surface area contributed by atoms with Crippen molar-refractivity contribution in [3.63, 3.8) is 0 Å². The number of aliphatic hydroxyl groups excluding tert-OH is 1. The smallest absolute Gasteiger partial charge is 0.251 e. The minimum atomic E-state index is -0.659. The molecule has 1 aliphatic rings. The van der Waals surface area contributed by atoms with E-state index in [0.717, 1.165) is 17.5 Å². The van der Waals surface area contributed by atoms with E-state index in [1.54, 1.807) is 31.6 Å². The van der Waals surface area contributed by atoms with E-state index in [2.05, 4.69) is 20.8 Å². The highest BCUT2D eigenvalue weighted by Crippen LogP contribution is 2.26. The zero-order chi connectivity index (χ0) is 20.6. The third kappa shape index (κ3) is 5.65. The summed E-state index contributed by atoms with van der Waals surface area (Å²) >= 11 is 0. The van der Waals surface area contributed by atoms with Crippen molar-refractivity contribution in [3.8, 4) is 11.1 Å². The Morgan fingerprint density at radius 1 is 1.31 bits per heavy atom. The zero-order valence-corrected chi connectivity index (χ0v) is 16.6. The van der Waals surface area contributed by atoms with Crippen molar-refractivity contribution >= 4 is 11.8 Å². The molecule has 8 nitrogen and oxygen atoms in total. The van der Waals surface area contributed by atoms with E-state index in [-0.39, 0.29) is 17.7 Å². The first-order valence-electron chi connectivity index (χ1n) is 9.93. The summed E-state index contributed by atoms with van der Waals surface area (Å²) in [6.07, 6.45) is 5.06. The van der Waals surface area contributed by atoms with Gasteiger partial charge >= 0.3 is 0 Å². The van der Waals surface area contributed by atoms with Gasteiger partial charge in [-0.05, 0) is 43.4 Å². The highest BCUT2D eigenvalue weighted by atomic mass is 16.5. The van der Waals surface area contributed by atoms with Crippen molar-refractivity contribution in [1.29, 1.82) is 0 Å². The molecule has 1 saturated carbocycles. The van der Waals surface area contributed by atoms with Crippen LogP contribution in [0.4, 0.5) is 0 Å². The lowest BCUT2D eigenvalue weighted by atomic mass is 9.83. The fourth-order valence-corrected chi connectivity index (χ4v) is 3.62. The Balaban J connectivity index is 1.59. The maximum atomic E-state index is 12.7. The molecule has 0 aliphatic heterocycles. The molecule has 0 bridgehead atoms. The first-order valence-corrected chi connectivity index (χ1v) is 9.93. The number of aliphatic hydroxyl groups is 1. The number of hydrogen-bond acceptors (Lipinski definition) is 5. The topological polar surface area (TPSA) is 116 Å². The molecule has 1 aromatic carbocycles. The van der Waals surface area contributed by atoms with Gasteiger partial charge in [0.05, 0.1) is 18.3 Å². The number of carbonyl (C=O) groups excluding carboxylic acids is 2. The van der Waals surface area contributed by atoms with Crippen LogP contribution in [0.5, 0.6) is 0 Å². The lowest BCUT2D eigenvalue weighted by Crippen LogP contribution is -2.49. The molecule has 4 N–H and O–H groups in total. The number of benzene rings is 1. The number of carbonyl (C=O) groups is 2. The molecular formula is C21H28N4O4. The molecule has 0 saturated heterocycles. The van der Waals surface area contributed by atoms with Gasteiger partial charge < -0.3 is 20.5 Å². The molecule has 3 rings (SSSR count). The first kappa shape index (κ1) is 21.0. The van der Waals surface area contributed by atoms with Gasteiger partial charge in [-0.15, -0.1) is 0 Å². The average molecular weight is 400 g/mol. The van der Waals surface area contributed by atoms with Crippen LogP contribution in [0.3, 0.4) is 0 Å². The van der Waals surface area contributed by atoms with Gasteiger partial charge in [-0.25, -0.2) is 0 Å². The molecule has 0 radical (unpaired) electrons. The van der Waals surface area contributed by atoms with Gasteiger partial charge in [0.25, 0.3) is 5.91 Å². The third-order valence-electron chi connectivity index (χ3n) is 5.28. The van der Waals surface area contributed by atoms with Crippen LogP contribution in [-0.4, -0.2) is 59.5 Å². The minimum absolute atomic E-state index is 0.0331. The Labute approximate surface area is 170 Å². The average Bonchev–Trinajstić information content (AvgIpc) is 3.27. The molecule has 0 spiro atoms. The minimum Gasteiger partial charge on any atom is -0.391 e. The van der Waals surface area contributed by atoms with E-state index in [1.807, 2.05) is 12.1 Å². The van der Waals surface area contributed by atoms with E-state index >= 15 is 0 Å². The molecule has 8 heteroatoms. The summed E-state index contributed by atoms with van der Waals surface area (Å²) in [6, 6.07) is 6.78. The second-order valence-corrected chi connectivity index (χ2v) is 7.36. The first-order chi connectivity index (χ1) is 14.1. The fraction of sp³-hybridized carbons (Fsp3) is 0.476. The van der Waals surface area contributed by atoms with Gasteiger partial charge in [0.2, 0.25) is 5.91 Å². The van der Waals surface area contributed by atoms with Gasteiger partial charge in [0, 0.05) is 43.5 Å². The van der Waals surface area contributed by atoms with Gasteiger partial charge in [-0.2, -0.15) is 5.10 Å². The highest BCUT2D eigenvalue weighted by molar-refractivity contribution is 5.95. The number of aromatic nitrogens is 2. The summed E-state index contributed by atoms with van der Waals surface area (Å²) < 4.78 is 4.98. The van der Waals surface area contributed by atoms with Crippen molar-refractivity contribution in [2.45, 2.75) is 37.8 Å². The summed E-state index contributed by atoms with van der Waals surface area (Å²) in [5, 5.41) is 22.8. The summed E-state index contributed by atoms with van der Waals surface area (Å²) in [6.45, 7) is 1.16. The van der Waals surface area contributed by atoms with Crippen LogP contribution in [0.2, 0.25) is 0 Å². The highest BCUT2D eigenvalue weighted by Gasteiger charge is 2.33. The second kappa shape index (κ2) is 10.2. The maximum Gasteiger partial charge on any atom is 0.251 e. The van der Waals surface area contributed by atoms with Crippen LogP contribution in [0, 0.1) is 5.92 Å². The summed E-state index contributed by atoms with van der Waals surface area (Å²) in [7, 11) is 1.63. The van der Waals surface area contributed by atoms with Crippen LogP contribution in [0.25, 0.3) is 11.1 Å². The molecule has 1 aromatic heterocycles. The number of methoxy groups -OCH3 is 1. The number of ether oxygens (including phenoxy) is 1. The Kier molecular flexibility index (Phi) is 7.37. The molecule has 1 heterocycles. The number of nitrogens with zero attached hydrogens (tertiary/aromatic N) is 1. The number of aromatic amines is 1. The predicted octanol–water partition coefficient (Wildman–Crippen LogP) is 1.49. The van der Waals surface area contributed by atoms with Gasteiger partial charge in [0.15, 0.2) is 0 Å². The van der Waals surface area contributed by atoms with E-state index in [9.17, 15) is 14.7 Å². The largest absolute Gasteiger partial charge is 0.391 e. The third-order valence-corrected chi connectivity index (χ3v) is 5.28. The Bertz CT molecular complexity index is 809. The quantitative estimate of drug-likeness (QED) is 0.501. The molecule has 29 heavy (non-hydrogen) atoms. The monoisotopic (exact) mass is 400 g/mol. The Hall–Kier alpha value is -2.71. The van der Waals surface area contributed by atoms with Crippen molar-refractivity contribution in [3.05, 3.63) is 42.2 Å². The lowest BCUT2D eigenvalue weighted by molar-refractivity contribution is -0.127. The molecule has 156 valence electrons. The van der Waals surface area contributed by atoms with Gasteiger partial charge in [-0.3, -0.25) is 14.7 Å². The number of hydrogen-bond donors (Lipinski definition) is 4. The molecule has 1 aliphatic carbocycles. The van der Waals surface area contributed by atoms with Gasteiger partial charge in [0.1, 0.15) is 0 Å². The number of rotatable bonds is 8. The summed E-state index contributed by atoms with van der Waals surface area (Å²) in [5.41, 5.74) is 2.27. The SMILES string of the molecule is COCCCNC(=O)[C@H]1CC[C@@H](O)[C@H](NC(=O)c2cccc(-c3cn[nH]c3)c2)C1. The molecular weight excluding hydrogens is 372 g/mol. The van der Waals surface area contributed by atoms with Crippen molar-refractivity contribution in [2.24, 2.45) is 5.92 Å². The van der Waals surface area contributed by atoms with Crippen LogP contribution in [-0.2, 0) is 9.53 Å². The van der Waals surface area contributed by atoms with E-state index in [0.29, 0.717) is 38.0 Å². The standard InChI is InChI=1S/C21H28N4O4/c1-29-9-3-8-22-20(27)16-6-7-19(26)18(11-16)25-21(28)15-5-2-4-14(10-15)17-12-23-24-13-17/h2,4-5,10,12-13,16,18-19,26H,3,6-9,11H2,1H3,(H,22,27)(H,23,24)(H,25,28)/t16-,18+,19+/m0/s1. The Morgan fingerprint density at radius 3 is 2.93 bits per heavy atom. The normalized spacial score (nSPS) is 21.5. The predicted molar refractivity (Wildman–Crippen MR) is 108 cm³/mol. The van der Waals surface area contributed by atoms with Crippen LogP contribution >= 0.6 is 0 Å². The van der Waals surface area contributed by atoms with Crippen LogP contribution in [0.15, 0.2) is 36.7 Å². The zero-order valence-electron chi connectivity index (χ0n) is 16.6. The van der Waals surface area contributed by atoms with Crippen LogP contribution in [0.1, 0.15) is 36.0 Å². The number of H-pyrrole nitrogens is 1. The fourth-order valence-electron chi connectivity index (χ4n) is 3.62. The number of amides is 2. The van der Waals surface area contributed by atoms with E-state index < -0.39 is 12.1 Å². The summed E-state index contributed by atoms with van der Waals surface area (Å²) in [5.74, 6) is -0.515. The van der Waals surface area contributed by atoms with Crippen molar-refractivity contribution in [2.75, 3.05) is 20.3 Å². The van der Waals surface area contributed by atoms with E-state index in [1.165, 1.54) is 0 Å². The van der Waals surface area contributed by atoms with Gasteiger partial charge in [-0.1, -0.05) is 12.1 Å². The number of nitrogens with one attached hydrogen (secondary N) is 3. The maximum absolute atomic E-state index is 12.7. The lowest BCUT2D eigenvalue weighted by Gasteiger charge is -2.33. The molecule has 3 atom stereocenters. The summed E-state index contributed by atoms with van der Waals surface area (Å²) in [4.78, 5) is 25.1. The molecule has 2 aromatic rings. The second-order valence-electron chi connectivity index (χ2n) is 7.36. The van der Waals surface area contributed by atoms with Crippen LogP contribution < -0.4 is 10.6 Å². The molecule has 1 fully saturated rings. The molecule has 2 amide bonds. The van der Waals surface area contributed by atoms with Crippen molar-refractivity contribution < 1.29 is 19.4 Å².